The summed E-state index contributed by atoms with van der Waals surface area (Å²) in [5.74, 6) is 0.716. The quantitative estimate of drug-likeness (QED) is 0.529. The molecule has 22 heavy (non-hydrogen) atoms. The number of fused-ring (bicyclic) bond motifs is 1. The summed E-state index contributed by atoms with van der Waals surface area (Å²) >= 11 is 0. The van der Waals surface area contributed by atoms with Crippen LogP contribution >= 0.6 is 0 Å². The molecule has 0 saturated carbocycles. The van der Waals surface area contributed by atoms with Crippen LogP contribution in [0.2, 0.25) is 0 Å². The number of nitrogen functional groups attached to an aromatic ring is 1. The molecule has 0 saturated heterocycles. The first-order valence-corrected chi connectivity index (χ1v) is 7.35. The monoisotopic (exact) mass is 284 g/mol. The predicted octanol–water partition coefficient (Wildman–Crippen LogP) is 5.08. The van der Waals surface area contributed by atoms with Crippen molar-refractivity contribution in [1.82, 2.24) is 4.98 Å². The smallest absolute Gasteiger partial charge is 0.109 e. The number of benzene rings is 3. The SMILES string of the molecule is Nc1[nH]c2ccccc2c1-c1ccc(-c2ccccc2)cc1. The van der Waals surface area contributed by atoms with E-state index in [9.17, 15) is 0 Å². The van der Waals surface area contributed by atoms with Gasteiger partial charge in [0, 0.05) is 16.5 Å². The average molecular weight is 284 g/mol. The summed E-state index contributed by atoms with van der Waals surface area (Å²) in [5, 5.41) is 1.16. The van der Waals surface area contributed by atoms with Gasteiger partial charge in [0.15, 0.2) is 0 Å². The van der Waals surface area contributed by atoms with Crippen molar-refractivity contribution in [2.45, 2.75) is 0 Å². The summed E-state index contributed by atoms with van der Waals surface area (Å²) in [7, 11) is 0. The first-order valence-electron chi connectivity index (χ1n) is 7.35. The zero-order valence-corrected chi connectivity index (χ0v) is 12.1. The van der Waals surface area contributed by atoms with Gasteiger partial charge in [0.1, 0.15) is 5.82 Å². The largest absolute Gasteiger partial charge is 0.385 e. The summed E-state index contributed by atoms with van der Waals surface area (Å²) in [4.78, 5) is 3.25. The lowest BCUT2D eigenvalue weighted by Gasteiger charge is -2.05. The number of para-hydroxylation sites is 1. The van der Waals surface area contributed by atoms with Gasteiger partial charge < -0.3 is 10.7 Å². The molecule has 0 bridgehead atoms. The maximum atomic E-state index is 6.18. The van der Waals surface area contributed by atoms with Crippen LogP contribution in [0.5, 0.6) is 0 Å². The summed E-state index contributed by atoms with van der Waals surface area (Å²) in [5.41, 5.74) is 11.9. The maximum Gasteiger partial charge on any atom is 0.109 e. The van der Waals surface area contributed by atoms with E-state index in [1.165, 1.54) is 11.1 Å². The standard InChI is InChI=1S/C20H16N2/c21-20-19(17-8-4-5-9-18(17)22-20)16-12-10-15(11-13-16)14-6-2-1-3-7-14/h1-13,22H,21H2. The lowest BCUT2D eigenvalue weighted by atomic mass is 9.99. The van der Waals surface area contributed by atoms with Crippen LogP contribution in [0, 0.1) is 0 Å². The van der Waals surface area contributed by atoms with Gasteiger partial charge in [0.25, 0.3) is 0 Å². The number of H-pyrrole nitrogens is 1. The second kappa shape index (κ2) is 5.08. The Balaban J connectivity index is 1.81. The van der Waals surface area contributed by atoms with Crippen molar-refractivity contribution < 1.29 is 0 Å². The fraction of sp³-hybridized carbons (Fsp3) is 0. The summed E-state index contributed by atoms with van der Waals surface area (Å²) in [6, 6.07) is 27.1. The van der Waals surface area contributed by atoms with Crippen molar-refractivity contribution in [3.05, 3.63) is 78.9 Å². The van der Waals surface area contributed by atoms with Gasteiger partial charge in [-0.05, 0) is 22.8 Å². The van der Waals surface area contributed by atoms with Crippen LogP contribution < -0.4 is 5.73 Å². The minimum absolute atomic E-state index is 0.716. The van der Waals surface area contributed by atoms with Gasteiger partial charge in [-0.3, -0.25) is 0 Å². The highest BCUT2D eigenvalue weighted by molar-refractivity contribution is 6.01. The molecule has 0 amide bonds. The minimum Gasteiger partial charge on any atom is -0.385 e. The Morgan fingerprint density at radius 1 is 0.591 bits per heavy atom. The molecule has 0 unspecified atom stereocenters. The Hall–Kier alpha value is -3.00. The maximum absolute atomic E-state index is 6.18. The van der Waals surface area contributed by atoms with Gasteiger partial charge in [-0.15, -0.1) is 0 Å². The Kier molecular flexibility index (Phi) is 2.94. The first kappa shape index (κ1) is 12.7. The Bertz CT molecular complexity index is 919. The molecule has 0 radical (unpaired) electrons. The molecular weight excluding hydrogens is 268 g/mol. The molecule has 2 heteroatoms. The molecule has 0 aliphatic heterocycles. The zero-order valence-electron chi connectivity index (χ0n) is 12.1. The normalized spacial score (nSPS) is 10.9. The fourth-order valence-corrected chi connectivity index (χ4v) is 2.93. The lowest BCUT2D eigenvalue weighted by Crippen LogP contribution is -1.87. The average Bonchev–Trinajstić information content (AvgIpc) is 2.91. The topological polar surface area (TPSA) is 41.8 Å². The van der Waals surface area contributed by atoms with E-state index in [1.807, 2.05) is 24.3 Å². The van der Waals surface area contributed by atoms with Crippen molar-refractivity contribution >= 4 is 16.7 Å². The van der Waals surface area contributed by atoms with Gasteiger partial charge in [-0.1, -0.05) is 72.8 Å². The van der Waals surface area contributed by atoms with Crippen molar-refractivity contribution in [1.29, 1.82) is 0 Å². The summed E-state index contributed by atoms with van der Waals surface area (Å²) in [6.45, 7) is 0. The Morgan fingerprint density at radius 2 is 1.18 bits per heavy atom. The molecule has 0 aliphatic rings. The molecule has 3 aromatic carbocycles. The third kappa shape index (κ3) is 2.06. The number of aromatic amines is 1. The molecule has 3 N–H and O–H groups in total. The molecule has 4 rings (SSSR count). The highest BCUT2D eigenvalue weighted by atomic mass is 14.8. The van der Waals surface area contributed by atoms with E-state index in [-0.39, 0.29) is 0 Å². The van der Waals surface area contributed by atoms with Gasteiger partial charge in [0.2, 0.25) is 0 Å². The van der Waals surface area contributed by atoms with Crippen LogP contribution in [0.3, 0.4) is 0 Å². The zero-order chi connectivity index (χ0) is 14.9. The van der Waals surface area contributed by atoms with E-state index in [1.54, 1.807) is 0 Å². The number of aromatic nitrogens is 1. The van der Waals surface area contributed by atoms with E-state index in [0.717, 1.165) is 22.0 Å². The van der Waals surface area contributed by atoms with E-state index >= 15 is 0 Å². The summed E-state index contributed by atoms with van der Waals surface area (Å²) in [6.07, 6.45) is 0. The third-order valence-electron chi connectivity index (χ3n) is 4.02. The fourth-order valence-electron chi connectivity index (χ4n) is 2.93. The Morgan fingerprint density at radius 3 is 1.95 bits per heavy atom. The number of rotatable bonds is 2. The predicted molar refractivity (Wildman–Crippen MR) is 93.6 cm³/mol. The van der Waals surface area contributed by atoms with Crippen molar-refractivity contribution in [3.8, 4) is 22.3 Å². The molecule has 4 aromatic rings. The van der Waals surface area contributed by atoms with Gasteiger partial charge >= 0.3 is 0 Å². The van der Waals surface area contributed by atoms with Crippen LogP contribution in [0.4, 0.5) is 5.82 Å². The van der Waals surface area contributed by atoms with Crippen LogP contribution in [0.1, 0.15) is 0 Å². The second-order valence-electron chi connectivity index (χ2n) is 5.40. The number of nitrogens with one attached hydrogen (secondary N) is 1. The molecule has 0 aliphatic carbocycles. The van der Waals surface area contributed by atoms with E-state index < -0.39 is 0 Å². The molecule has 106 valence electrons. The molecule has 1 heterocycles. The van der Waals surface area contributed by atoms with Gasteiger partial charge in [-0.25, -0.2) is 0 Å². The van der Waals surface area contributed by atoms with E-state index in [2.05, 4.69) is 59.6 Å². The number of anilines is 1. The van der Waals surface area contributed by atoms with Crippen LogP contribution in [-0.4, -0.2) is 4.98 Å². The molecule has 0 atom stereocenters. The second-order valence-corrected chi connectivity index (χ2v) is 5.40. The number of hydrogen-bond donors (Lipinski definition) is 2. The molecule has 0 spiro atoms. The first-order chi connectivity index (χ1) is 10.8. The van der Waals surface area contributed by atoms with Crippen molar-refractivity contribution in [2.24, 2.45) is 0 Å². The van der Waals surface area contributed by atoms with Crippen LogP contribution in [0.15, 0.2) is 78.9 Å². The minimum atomic E-state index is 0.716. The molecule has 0 fully saturated rings. The summed E-state index contributed by atoms with van der Waals surface area (Å²) < 4.78 is 0. The highest BCUT2D eigenvalue weighted by Crippen LogP contribution is 2.34. The van der Waals surface area contributed by atoms with Crippen LogP contribution in [-0.2, 0) is 0 Å². The Labute approximate surface area is 129 Å². The number of hydrogen-bond acceptors (Lipinski definition) is 1. The lowest BCUT2D eigenvalue weighted by molar-refractivity contribution is 1.47. The number of nitrogens with two attached hydrogens (primary N) is 1. The van der Waals surface area contributed by atoms with Crippen molar-refractivity contribution in [2.75, 3.05) is 5.73 Å². The van der Waals surface area contributed by atoms with Crippen LogP contribution in [0.25, 0.3) is 33.2 Å². The highest BCUT2D eigenvalue weighted by Gasteiger charge is 2.10. The van der Waals surface area contributed by atoms with Gasteiger partial charge in [-0.2, -0.15) is 0 Å². The third-order valence-corrected chi connectivity index (χ3v) is 4.02. The van der Waals surface area contributed by atoms with Gasteiger partial charge in [0.05, 0.1) is 0 Å². The van der Waals surface area contributed by atoms with E-state index in [4.69, 9.17) is 5.73 Å². The molecule has 1 aromatic heterocycles. The molecular formula is C20H16N2. The van der Waals surface area contributed by atoms with E-state index in [0.29, 0.717) is 5.82 Å². The van der Waals surface area contributed by atoms with Crippen molar-refractivity contribution in [3.63, 3.8) is 0 Å². The molecule has 2 nitrogen and oxygen atoms in total.